The van der Waals surface area contributed by atoms with Crippen molar-refractivity contribution >= 4 is 0 Å². The van der Waals surface area contributed by atoms with Crippen LogP contribution in [0.1, 0.15) is 12.5 Å². The summed E-state index contributed by atoms with van der Waals surface area (Å²) in [6, 6.07) is 22.3. The van der Waals surface area contributed by atoms with Crippen molar-refractivity contribution in [3.63, 3.8) is 0 Å². The van der Waals surface area contributed by atoms with Crippen LogP contribution in [0.4, 0.5) is 0 Å². The standard InChI is InChI=1S/C20H17N5/c1-2-15-8-3-4-11-18(15)16-9-7-10-17(14-16)25-23-20(22-24-25)19-12-5-6-13-21-19/h3-14H,2H2,1H3. The fraction of sp³-hybridized carbons (Fsp3) is 0.100. The van der Waals surface area contributed by atoms with Crippen LogP contribution in [0.15, 0.2) is 72.9 Å². The summed E-state index contributed by atoms with van der Waals surface area (Å²) in [5.74, 6) is 0.514. The second-order valence-corrected chi connectivity index (χ2v) is 5.68. The number of aromatic nitrogens is 5. The molecule has 25 heavy (non-hydrogen) atoms. The third-order valence-electron chi connectivity index (χ3n) is 4.09. The van der Waals surface area contributed by atoms with Crippen LogP contribution in [0.5, 0.6) is 0 Å². The van der Waals surface area contributed by atoms with E-state index >= 15 is 0 Å². The molecule has 0 aliphatic carbocycles. The van der Waals surface area contributed by atoms with Crippen molar-refractivity contribution in [2.45, 2.75) is 13.3 Å². The largest absolute Gasteiger partial charge is 0.253 e. The second kappa shape index (κ2) is 6.65. The van der Waals surface area contributed by atoms with E-state index < -0.39 is 0 Å². The van der Waals surface area contributed by atoms with Crippen LogP contribution in [0.3, 0.4) is 0 Å². The molecule has 0 unspecified atom stereocenters. The van der Waals surface area contributed by atoms with Gasteiger partial charge in [0.25, 0.3) is 0 Å². The lowest BCUT2D eigenvalue weighted by molar-refractivity contribution is 0.720. The van der Waals surface area contributed by atoms with Gasteiger partial charge in [-0.2, -0.15) is 0 Å². The van der Waals surface area contributed by atoms with Gasteiger partial charge in [-0.1, -0.05) is 49.4 Å². The van der Waals surface area contributed by atoms with Crippen molar-refractivity contribution in [2.75, 3.05) is 0 Å². The van der Waals surface area contributed by atoms with E-state index in [2.05, 4.69) is 63.7 Å². The summed E-state index contributed by atoms with van der Waals surface area (Å²) in [7, 11) is 0. The van der Waals surface area contributed by atoms with Crippen LogP contribution in [0.25, 0.3) is 28.3 Å². The fourth-order valence-corrected chi connectivity index (χ4v) is 2.83. The molecule has 122 valence electrons. The molecule has 2 heterocycles. The number of hydrogen-bond acceptors (Lipinski definition) is 4. The summed E-state index contributed by atoms with van der Waals surface area (Å²) in [6.45, 7) is 2.17. The highest BCUT2D eigenvalue weighted by atomic mass is 15.6. The van der Waals surface area contributed by atoms with Crippen LogP contribution < -0.4 is 0 Å². The maximum atomic E-state index is 4.46. The minimum atomic E-state index is 0.514. The molecule has 0 amide bonds. The predicted octanol–water partition coefficient (Wildman–Crippen LogP) is 3.95. The van der Waals surface area contributed by atoms with E-state index in [9.17, 15) is 0 Å². The van der Waals surface area contributed by atoms with Crippen LogP contribution >= 0.6 is 0 Å². The number of nitrogens with zero attached hydrogens (tertiary/aromatic N) is 5. The molecule has 5 heteroatoms. The van der Waals surface area contributed by atoms with Gasteiger partial charge in [-0.05, 0) is 52.6 Å². The zero-order valence-electron chi connectivity index (χ0n) is 13.9. The summed E-state index contributed by atoms with van der Waals surface area (Å²) in [4.78, 5) is 5.81. The molecule has 2 aromatic heterocycles. The molecule has 0 bridgehead atoms. The minimum Gasteiger partial charge on any atom is -0.253 e. The molecule has 2 aromatic carbocycles. The molecular weight excluding hydrogens is 310 g/mol. The fourth-order valence-electron chi connectivity index (χ4n) is 2.83. The Hall–Kier alpha value is -3.34. The molecule has 0 atom stereocenters. The van der Waals surface area contributed by atoms with E-state index in [1.54, 1.807) is 11.0 Å². The number of benzene rings is 2. The zero-order valence-corrected chi connectivity index (χ0v) is 13.9. The quantitative estimate of drug-likeness (QED) is 0.569. The normalized spacial score (nSPS) is 10.8. The van der Waals surface area contributed by atoms with Crippen LogP contribution in [0, 0.1) is 0 Å². The summed E-state index contributed by atoms with van der Waals surface area (Å²) in [6.07, 6.45) is 2.71. The average Bonchev–Trinajstić information content (AvgIpc) is 3.19. The summed E-state index contributed by atoms with van der Waals surface area (Å²) >= 11 is 0. The first-order valence-electron chi connectivity index (χ1n) is 8.25. The van der Waals surface area contributed by atoms with E-state index in [1.807, 2.05) is 30.3 Å². The molecule has 0 saturated carbocycles. The van der Waals surface area contributed by atoms with Gasteiger partial charge in [0, 0.05) is 6.20 Å². The molecule has 4 aromatic rings. The molecule has 0 aliphatic heterocycles. The number of rotatable bonds is 4. The van der Waals surface area contributed by atoms with E-state index in [-0.39, 0.29) is 0 Å². The molecule has 0 saturated heterocycles. The Morgan fingerprint density at radius 1 is 0.920 bits per heavy atom. The van der Waals surface area contributed by atoms with Gasteiger partial charge in [-0.25, -0.2) is 0 Å². The van der Waals surface area contributed by atoms with Crippen molar-refractivity contribution in [2.24, 2.45) is 0 Å². The highest BCUT2D eigenvalue weighted by Gasteiger charge is 2.09. The number of pyridine rings is 1. The minimum absolute atomic E-state index is 0.514. The number of hydrogen-bond donors (Lipinski definition) is 0. The smallest absolute Gasteiger partial charge is 0.223 e. The summed E-state index contributed by atoms with van der Waals surface area (Å²) in [5.41, 5.74) is 5.28. The third-order valence-corrected chi connectivity index (χ3v) is 4.09. The molecule has 4 rings (SSSR count). The number of aryl methyl sites for hydroxylation is 1. The number of tetrazole rings is 1. The zero-order chi connectivity index (χ0) is 17.1. The van der Waals surface area contributed by atoms with Crippen LogP contribution in [-0.4, -0.2) is 25.2 Å². The van der Waals surface area contributed by atoms with E-state index in [0.29, 0.717) is 11.5 Å². The molecule has 0 spiro atoms. The second-order valence-electron chi connectivity index (χ2n) is 5.68. The van der Waals surface area contributed by atoms with Gasteiger partial charge < -0.3 is 0 Å². The Morgan fingerprint density at radius 3 is 2.64 bits per heavy atom. The Kier molecular flexibility index (Phi) is 4.04. The van der Waals surface area contributed by atoms with E-state index in [4.69, 9.17) is 0 Å². The molecule has 0 N–H and O–H groups in total. The van der Waals surface area contributed by atoms with E-state index in [1.165, 1.54) is 11.1 Å². The SMILES string of the molecule is CCc1ccccc1-c1cccc(-n2nnc(-c3ccccn3)n2)c1. The maximum absolute atomic E-state index is 4.46. The van der Waals surface area contributed by atoms with Crippen molar-refractivity contribution < 1.29 is 0 Å². The first kappa shape index (κ1) is 15.2. The summed E-state index contributed by atoms with van der Waals surface area (Å²) in [5, 5.41) is 12.8. The Balaban J connectivity index is 1.72. The van der Waals surface area contributed by atoms with Gasteiger partial charge >= 0.3 is 0 Å². The summed E-state index contributed by atoms with van der Waals surface area (Å²) < 4.78 is 0. The Labute approximate surface area is 146 Å². The molecule has 0 radical (unpaired) electrons. The Morgan fingerprint density at radius 2 is 1.80 bits per heavy atom. The highest BCUT2D eigenvalue weighted by molar-refractivity contribution is 5.69. The van der Waals surface area contributed by atoms with Gasteiger partial charge in [0.1, 0.15) is 5.69 Å². The average molecular weight is 327 g/mol. The van der Waals surface area contributed by atoms with Gasteiger partial charge in [-0.15, -0.1) is 15.0 Å². The van der Waals surface area contributed by atoms with Crippen LogP contribution in [-0.2, 0) is 6.42 Å². The van der Waals surface area contributed by atoms with Gasteiger partial charge in [0.15, 0.2) is 0 Å². The maximum Gasteiger partial charge on any atom is 0.223 e. The van der Waals surface area contributed by atoms with Crippen molar-refractivity contribution in [1.82, 2.24) is 25.2 Å². The van der Waals surface area contributed by atoms with Gasteiger partial charge in [-0.3, -0.25) is 4.98 Å². The van der Waals surface area contributed by atoms with Crippen molar-refractivity contribution in [1.29, 1.82) is 0 Å². The predicted molar refractivity (Wildman–Crippen MR) is 97.2 cm³/mol. The first-order chi connectivity index (χ1) is 12.3. The molecule has 0 aliphatic rings. The highest BCUT2D eigenvalue weighted by Crippen LogP contribution is 2.25. The lowest BCUT2D eigenvalue weighted by atomic mass is 9.98. The first-order valence-corrected chi connectivity index (χ1v) is 8.25. The molecule has 5 nitrogen and oxygen atoms in total. The topological polar surface area (TPSA) is 56.5 Å². The lowest BCUT2D eigenvalue weighted by Crippen LogP contribution is -1.99. The van der Waals surface area contributed by atoms with E-state index in [0.717, 1.165) is 17.7 Å². The lowest BCUT2D eigenvalue weighted by Gasteiger charge is -2.09. The van der Waals surface area contributed by atoms with Crippen molar-refractivity contribution in [3.8, 4) is 28.3 Å². The third kappa shape index (κ3) is 3.04. The monoisotopic (exact) mass is 327 g/mol. The molecule has 0 fully saturated rings. The van der Waals surface area contributed by atoms with Crippen molar-refractivity contribution in [3.05, 3.63) is 78.5 Å². The van der Waals surface area contributed by atoms with Gasteiger partial charge in [0.2, 0.25) is 5.82 Å². The van der Waals surface area contributed by atoms with Crippen LogP contribution in [0.2, 0.25) is 0 Å². The molecular formula is C20H17N5. The Bertz CT molecular complexity index is 992. The van der Waals surface area contributed by atoms with Gasteiger partial charge in [0.05, 0.1) is 5.69 Å².